The molecule has 6 unspecified atom stereocenters. The van der Waals surface area contributed by atoms with Crippen LogP contribution in [-0.2, 0) is 42.9 Å². The number of unbranched alkanes of at least 4 members (excludes halogenated alkanes) is 37. The highest BCUT2D eigenvalue weighted by Crippen LogP contribution is 2.27. The Morgan fingerprint density at radius 2 is 0.781 bits per heavy atom. The maximum absolute atomic E-state index is 13.1. The standard InChI is InChI=1S/C61H112O12/c1-4-7-10-13-16-19-22-24-25-26-27-28-29-31-33-35-38-41-44-47-53(62)69-50-52(71-54(63)48-45-42-39-36-32-21-18-15-12-9-6-3)51-70-61-59(57(66)56(65)58(73-61)60(67)68)72-55(64)49-46-43-40-37-34-30-23-20-17-14-11-8-5-2/h24-25,52,56-59,61,65-66H,4-23,26-51H2,1-3H3,(H,67,68)/b25-24-. The molecule has 0 radical (unpaired) electrons. The van der Waals surface area contributed by atoms with Gasteiger partial charge in [0, 0.05) is 19.3 Å². The number of hydrogen-bond acceptors (Lipinski definition) is 11. The Morgan fingerprint density at radius 1 is 0.438 bits per heavy atom. The molecular weight excluding hydrogens is 925 g/mol. The molecule has 0 saturated carbocycles. The van der Waals surface area contributed by atoms with Crippen LogP contribution in [0.2, 0.25) is 0 Å². The first kappa shape index (κ1) is 68.5. The van der Waals surface area contributed by atoms with Crippen molar-refractivity contribution in [2.75, 3.05) is 13.2 Å². The summed E-state index contributed by atoms with van der Waals surface area (Å²) in [5, 5.41) is 31.4. The summed E-state index contributed by atoms with van der Waals surface area (Å²) in [4.78, 5) is 51.1. The van der Waals surface area contributed by atoms with Crippen LogP contribution in [0, 0.1) is 0 Å². The number of aliphatic carboxylic acids is 1. The van der Waals surface area contributed by atoms with E-state index in [9.17, 15) is 34.5 Å². The molecule has 0 aromatic heterocycles. The van der Waals surface area contributed by atoms with Crippen LogP contribution in [0.3, 0.4) is 0 Å². The molecule has 3 N–H and O–H groups in total. The van der Waals surface area contributed by atoms with Gasteiger partial charge in [0.05, 0.1) is 6.61 Å². The third kappa shape index (κ3) is 40.4. The molecule has 0 aliphatic carbocycles. The van der Waals surface area contributed by atoms with Gasteiger partial charge in [0.15, 0.2) is 24.6 Å². The molecule has 1 heterocycles. The Labute approximate surface area is 446 Å². The van der Waals surface area contributed by atoms with Gasteiger partial charge in [-0.3, -0.25) is 14.4 Å². The highest BCUT2D eigenvalue weighted by Gasteiger charge is 2.50. The number of esters is 3. The van der Waals surface area contributed by atoms with Crippen LogP contribution in [-0.4, -0.2) is 89.2 Å². The smallest absolute Gasteiger partial charge is 0.335 e. The summed E-state index contributed by atoms with van der Waals surface area (Å²) in [5.41, 5.74) is 0. The van der Waals surface area contributed by atoms with Crippen molar-refractivity contribution in [1.29, 1.82) is 0 Å². The van der Waals surface area contributed by atoms with Gasteiger partial charge in [0.2, 0.25) is 0 Å². The molecule has 6 atom stereocenters. The van der Waals surface area contributed by atoms with E-state index in [1.807, 2.05) is 0 Å². The molecule has 1 rings (SSSR count). The highest BCUT2D eigenvalue weighted by atomic mass is 16.7. The van der Waals surface area contributed by atoms with Gasteiger partial charge in [-0.1, -0.05) is 251 Å². The lowest BCUT2D eigenvalue weighted by Crippen LogP contribution is -2.61. The van der Waals surface area contributed by atoms with Crippen LogP contribution < -0.4 is 0 Å². The zero-order valence-corrected chi connectivity index (χ0v) is 47.2. The second kappa shape index (κ2) is 50.3. The van der Waals surface area contributed by atoms with Crippen molar-refractivity contribution in [2.24, 2.45) is 0 Å². The predicted octanol–water partition coefficient (Wildman–Crippen LogP) is 15.7. The first-order valence-corrected chi connectivity index (χ1v) is 30.7. The number of ether oxygens (including phenoxy) is 5. The van der Waals surface area contributed by atoms with Crippen molar-refractivity contribution in [3.05, 3.63) is 12.2 Å². The molecule has 0 amide bonds. The van der Waals surface area contributed by atoms with Gasteiger partial charge in [-0.05, 0) is 44.9 Å². The molecule has 0 spiro atoms. The number of carboxylic acid groups (broad SMARTS) is 1. The Bertz CT molecular complexity index is 1320. The second-order valence-electron chi connectivity index (χ2n) is 21.4. The van der Waals surface area contributed by atoms with E-state index >= 15 is 0 Å². The van der Waals surface area contributed by atoms with Gasteiger partial charge in [-0.15, -0.1) is 0 Å². The number of carboxylic acids is 1. The van der Waals surface area contributed by atoms with Crippen molar-refractivity contribution >= 4 is 23.9 Å². The van der Waals surface area contributed by atoms with Crippen molar-refractivity contribution < 1.29 is 58.2 Å². The van der Waals surface area contributed by atoms with Gasteiger partial charge >= 0.3 is 23.9 Å². The predicted molar refractivity (Wildman–Crippen MR) is 294 cm³/mol. The fourth-order valence-electron chi connectivity index (χ4n) is 9.60. The summed E-state index contributed by atoms with van der Waals surface area (Å²) in [7, 11) is 0. The van der Waals surface area contributed by atoms with Crippen molar-refractivity contribution in [3.8, 4) is 0 Å². The van der Waals surface area contributed by atoms with Gasteiger partial charge in [-0.2, -0.15) is 0 Å². The summed E-state index contributed by atoms with van der Waals surface area (Å²) < 4.78 is 28.4. The minimum atomic E-state index is -1.89. The van der Waals surface area contributed by atoms with Gasteiger partial charge < -0.3 is 39.0 Å². The van der Waals surface area contributed by atoms with E-state index < -0.39 is 67.3 Å². The van der Waals surface area contributed by atoms with E-state index in [2.05, 4.69) is 32.9 Å². The fourth-order valence-corrected chi connectivity index (χ4v) is 9.60. The van der Waals surface area contributed by atoms with Crippen LogP contribution >= 0.6 is 0 Å². The Balaban J connectivity index is 2.62. The van der Waals surface area contributed by atoms with Crippen molar-refractivity contribution in [3.63, 3.8) is 0 Å². The lowest BCUT2D eigenvalue weighted by Gasteiger charge is -2.40. The minimum Gasteiger partial charge on any atom is -0.479 e. The Kier molecular flexibility index (Phi) is 47.2. The lowest BCUT2D eigenvalue weighted by molar-refractivity contribution is -0.301. The molecule has 0 bridgehead atoms. The first-order valence-electron chi connectivity index (χ1n) is 30.7. The zero-order chi connectivity index (χ0) is 53.3. The molecular formula is C61H112O12. The van der Waals surface area contributed by atoms with Gasteiger partial charge in [0.1, 0.15) is 18.8 Å². The quantitative estimate of drug-likeness (QED) is 0.0228. The fraction of sp³-hybridized carbons (Fsp3) is 0.902. The van der Waals surface area contributed by atoms with E-state index in [1.54, 1.807) is 0 Å². The zero-order valence-electron chi connectivity index (χ0n) is 47.2. The number of carbonyl (C=O) groups is 4. The van der Waals surface area contributed by atoms with Crippen LogP contribution in [0.15, 0.2) is 12.2 Å². The summed E-state index contributed by atoms with van der Waals surface area (Å²) >= 11 is 0. The van der Waals surface area contributed by atoms with Gasteiger partial charge in [0.25, 0.3) is 0 Å². The van der Waals surface area contributed by atoms with Crippen LogP contribution in [0.4, 0.5) is 0 Å². The topological polar surface area (TPSA) is 175 Å². The number of aliphatic hydroxyl groups is 2. The summed E-state index contributed by atoms with van der Waals surface area (Å²) in [6, 6.07) is 0. The summed E-state index contributed by atoms with van der Waals surface area (Å²) in [6.45, 7) is 6.01. The Hall–Kier alpha value is -2.54. The molecule has 12 heteroatoms. The molecule has 0 aromatic carbocycles. The van der Waals surface area contributed by atoms with Crippen LogP contribution in [0.5, 0.6) is 0 Å². The summed E-state index contributed by atoms with van der Waals surface area (Å²) in [6.07, 6.45) is 43.3. The minimum absolute atomic E-state index is 0.0685. The van der Waals surface area contributed by atoms with E-state index in [4.69, 9.17) is 23.7 Å². The first-order chi connectivity index (χ1) is 35.6. The third-order valence-electron chi connectivity index (χ3n) is 14.3. The van der Waals surface area contributed by atoms with Crippen LogP contribution in [0.25, 0.3) is 0 Å². The number of aliphatic hydroxyl groups excluding tert-OH is 2. The maximum atomic E-state index is 13.1. The van der Waals surface area contributed by atoms with E-state index in [1.165, 1.54) is 186 Å². The molecule has 1 aliphatic heterocycles. The maximum Gasteiger partial charge on any atom is 0.335 e. The molecule has 0 aromatic rings. The molecule has 12 nitrogen and oxygen atoms in total. The normalized spacial score (nSPS) is 18.3. The Morgan fingerprint density at radius 3 is 1.16 bits per heavy atom. The second-order valence-corrected chi connectivity index (χ2v) is 21.4. The van der Waals surface area contributed by atoms with E-state index in [-0.39, 0.29) is 25.9 Å². The van der Waals surface area contributed by atoms with Crippen molar-refractivity contribution in [2.45, 2.75) is 340 Å². The monoisotopic (exact) mass is 1040 g/mol. The average molecular weight is 1040 g/mol. The molecule has 1 aliphatic rings. The third-order valence-corrected chi connectivity index (χ3v) is 14.3. The van der Waals surface area contributed by atoms with Gasteiger partial charge in [-0.25, -0.2) is 4.79 Å². The van der Waals surface area contributed by atoms with E-state index in [0.717, 1.165) is 57.8 Å². The highest BCUT2D eigenvalue weighted by molar-refractivity contribution is 5.74. The summed E-state index contributed by atoms with van der Waals surface area (Å²) in [5.74, 6) is -3.08. The van der Waals surface area contributed by atoms with Crippen molar-refractivity contribution in [1.82, 2.24) is 0 Å². The average Bonchev–Trinajstić information content (AvgIpc) is 3.37. The molecule has 1 saturated heterocycles. The number of allylic oxidation sites excluding steroid dienone is 2. The number of hydrogen-bond donors (Lipinski definition) is 3. The largest absolute Gasteiger partial charge is 0.479 e. The lowest BCUT2D eigenvalue weighted by atomic mass is 9.98. The SMILES string of the molecule is CCCCCCCC/C=C\CCCCCCCCCCCC(=O)OCC(COC1OC(C(=O)O)C(O)C(O)C1OC(=O)CCCCCCCCCCCCCCC)OC(=O)CCCCCCCCCCCCC. The number of carbonyl (C=O) groups excluding carboxylic acids is 3. The molecule has 1 fully saturated rings. The van der Waals surface area contributed by atoms with Crippen LogP contribution in [0.1, 0.15) is 303 Å². The molecule has 73 heavy (non-hydrogen) atoms. The van der Waals surface area contributed by atoms with E-state index in [0.29, 0.717) is 19.3 Å². The molecule has 428 valence electrons. The number of rotatable bonds is 53.